The molecule has 0 aromatic heterocycles. The highest BCUT2D eigenvalue weighted by atomic mass is 79.9. The zero-order valence-corrected chi connectivity index (χ0v) is 10.9. The largest absolute Gasteiger partial charge is 0.388 e. The van der Waals surface area contributed by atoms with E-state index in [1.54, 1.807) is 12.1 Å². The van der Waals surface area contributed by atoms with E-state index >= 15 is 0 Å². The Morgan fingerprint density at radius 3 is 2.69 bits per heavy atom. The predicted molar refractivity (Wildman–Crippen MR) is 66.5 cm³/mol. The van der Waals surface area contributed by atoms with Gasteiger partial charge in [-0.25, -0.2) is 4.39 Å². The summed E-state index contributed by atoms with van der Waals surface area (Å²) < 4.78 is 14.3. The molecule has 0 saturated carbocycles. The zero-order chi connectivity index (χ0) is 12.1. The molecular weight excluding hydrogens is 273 g/mol. The number of aliphatic hydroxyl groups is 1. The summed E-state index contributed by atoms with van der Waals surface area (Å²) in [7, 11) is 0. The van der Waals surface area contributed by atoms with Crippen molar-refractivity contribution in [1.29, 1.82) is 0 Å². The molecule has 0 spiro atoms. The lowest BCUT2D eigenvalue weighted by Gasteiger charge is -2.21. The van der Waals surface area contributed by atoms with Crippen molar-refractivity contribution < 1.29 is 9.50 Å². The third-order valence-corrected chi connectivity index (χ3v) is 3.18. The molecule has 0 radical (unpaired) electrons. The smallest absolute Gasteiger partial charge is 0.130 e. The van der Waals surface area contributed by atoms with Crippen LogP contribution in [0.25, 0.3) is 0 Å². The number of rotatable bonds is 5. The predicted octanol–water partition coefficient (Wildman–Crippen LogP) is 3.00. The van der Waals surface area contributed by atoms with Crippen LogP contribution in [0.4, 0.5) is 4.39 Å². The molecule has 2 atom stereocenters. The van der Waals surface area contributed by atoms with Gasteiger partial charge >= 0.3 is 0 Å². The van der Waals surface area contributed by atoms with Crippen molar-refractivity contribution in [2.75, 3.05) is 6.54 Å². The lowest BCUT2D eigenvalue weighted by atomic mass is 9.92. The van der Waals surface area contributed by atoms with Crippen LogP contribution < -0.4 is 5.73 Å². The maximum atomic E-state index is 13.6. The average molecular weight is 290 g/mol. The first-order chi connectivity index (χ1) is 7.60. The Balaban J connectivity index is 2.89. The van der Waals surface area contributed by atoms with Crippen molar-refractivity contribution >= 4 is 15.9 Å². The molecule has 1 aromatic carbocycles. The van der Waals surface area contributed by atoms with Gasteiger partial charge in [-0.1, -0.05) is 35.3 Å². The number of aliphatic hydroxyl groups excluding tert-OH is 1. The van der Waals surface area contributed by atoms with Crippen LogP contribution in [0.2, 0.25) is 0 Å². The SMILES string of the molecule is CCCC(CN)C(O)c1ccc(Br)cc1F. The Labute approximate surface area is 104 Å². The summed E-state index contributed by atoms with van der Waals surface area (Å²) in [6, 6.07) is 4.68. The van der Waals surface area contributed by atoms with Crippen molar-refractivity contribution in [1.82, 2.24) is 0 Å². The Hall–Kier alpha value is -0.450. The maximum absolute atomic E-state index is 13.6. The van der Waals surface area contributed by atoms with Crippen LogP contribution in [0.5, 0.6) is 0 Å². The number of halogens is 2. The van der Waals surface area contributed by atoms with Crippen molar-refractivity contribution in [3.8, 4) is 0 Å². The highest BCUT2D eigenvalue weighted by molar-refractivity contribution is 9.10. The first-order valence-electron chi connectivity index (χ1n) is 5.43. The monoisotopic (exact) mass is 289 g/mol. The highest BCUT2D eigenvalue weighted by Crippen LogP contribution is 2.28. The van der Waals surface area contributed by atoms with Gasteiger partial charge in [0, 0.05) is 16.0 Å². The summed E-state index contributed by atoms with van der Waals surface area (Å²) in [4.78, 5) is 0. The number of benzene rings is 1. The third-order valence-electron chi connectivity index (χ3n) is 2.69. The second kappa shape index (κ2) is 6.33. The molecule has 0 aliphatic rings. The van der Waals surface area contributed by atoms with E-state index in [-0.39, 0.29) is 5.92 Å². The van der Waals surface area contributed by atoms with Gasteiger partial charge in [-0.15, -0.1) is 0 Å². The second-order valence-corrected chi connectivity index (χ2v) is 4.81. The molecule has 2 nitrogen and oxygen atoms in total. The van der Waals surface area contributed by atoms with Gasteiger partial charge in [0.25, 0.3) is 0 Å². The molecule has 16 heavy (non-hydrogen) atoms. The summed E-state index contributed by atoms with van der Waals surface area (Å²) in [6.45, 7) is 2.39. The second-order valence-electron chi connectivity index (χ2n) is 3.90. The standard InChI is InChI=1S/C12H17BrFNO/c1-2-3-8(7-15)12(16)10-5-4-9(13)6-11(10)14/h4-6,8,12,16H,2-3,7,15H2,1H3. The topological polar surface area (TPSA) is 46.2 Å². The summed E-state index contributed by atoms with van der Waals surface area (Å²) in [5.41, 5.74) is 5.91. The minimum Gasteiger partial charge on any atom is -0.388 e. The molecule has 0 fully saturated rings. The van der Waals surface area contributed by atoms with Crippen molar-refractivity contribution in [3.63, 3.8) is 0 Å². The van der Waals surface area contributed by atoms with Crippen molar-refractivity contribution in [3.05, 3.63) is 34.1 Å². The van der Waals surface area contributed by atoms with E-state index in [0.717, 1.165) is 12.8 Å². The Morgan fingerprint density at radius 1 is 1.50 bits per heavy atom. The van der Waals surface area contributed by atoms with Gasteiger partial charge in [-0.3, -0.25) is 0 Å². The average Bonchev–Trinajstić information content (AvgIpc) is 2.25. The minimum absolute atomic E-state index is 0.0827. The molecule has 1 aromatic rings. The molecule has 0 bridgehead atoms. The summed E-state index contributed by atoms with van der Waals surface area (Å²) >= 11 is 3.18. The molecule has 4 heteroatoms. The van der Waals surface area contributed by atoms with Gasteiger partial charge < -0.3 is 10.8 Å². The number of hydrogen-bond donors (Lipinski definition) is 2. The molecular formula is C12H17BrFNO. The normalized spacial score (nSPS) is 14.8. The van der Waals surface area contributed by atoms with Gasteiger partial charge in [0.1, 0.15) is 5.82 Å². The van der Waals surface area contributed by atoms with E-state index in [4.69, 9.17) is 5.73 Å². The van der Waals surface area contributed by atoms with Gasteiger partial charge in [0.15, 0.2) is 0 Å². The molecule has 3 N–H and O–H groups in total. The fourth-order valence-corrected chi connectivity index (χ4v) is 2.10. The summed E-state index contributed by atoms with van der Waals surface area (Å²) in [5.74, 6) is -0.475. The number of nitrogens with two attached hydrogens (primary N) is 1. The van der Waals surface area contributed by atoms with Gasteiger partial charge in [0.2, 0.25) is 0 Å². The summed E-state index contributed by atoms with van der Waals surface area (Å²) in [6.07, 6.45) is 0.905. The van der Waals surface area contributed by atoms with E-state index in [0.29, 0.717) is 16.6 Å². The fraction of sp³-hybridized carbons (Fsp3) is 0.500. The van der Waals surface area contributed by atoms with Gasteiger partial charge in [-0.05, 0) is 25.1 Å². The Kier molecular flexibility index (Phi) is 5.38. The van der Waals surface area contributed by atoms with E-state index in [1.165, 1.54) is 6.07 Å². The molecule has 0 amide bonds. The van der Waals surface area contributed by atoms with Crippen LogP contribution in [0.1, 0.15) is 31.4 Å². The Bertz CT molecular complexity index is 346. The number of hydrogen-bond acceptors (Lipinski definition) is 2. The van der Waals surface area contributed by atoms with E-state index in [9.17, 15) is 9.50 Å². The quantitative estimate of drug-likeness (QED) is 0.875. The van der Waals surface area contributed by atoms with E-state index < -0.39 is 11.9 Å². The first kappa shape index (κ1) is 13.6. The molecule has 0 saturated heterocycles. The molecule has 0 aliphatic carbocycles. The highest BCUT2D eigenvalue weighted by Gasteiger charge is 2.21. The lowest BCUT2D eigenvalue weighted by molar-refractivity contribution is 0.103. The molecule has 90 valence electrons. The van der Waals surface area contributed by atoms with Crippen LogP contribution in [-0.4, -0.2) is 11.7 Å². The van der Waals surface area contributed by atoms with Crippen LogP contribution in [0.15, 0.2) is 22.7 Å². The van der Waals surface area contributed by atoms with Crippen molar-refractivity contribution in [2.24, 2.45) is 11.7 Å². The Morgan fingerprint density at radius 2 is 2.19 bits per heavy atom. The lowest BCUT2D eigenvalue weighted by Crippen LogP contribution is -2.22. The third kappa shape index (κ3) is 3.27. The van der Waals surface area contributed by atoms with Crippen LogP contribution in [0.3, 0.4) is 0 Å². The molecule has 0 heterocycles. The zero-order valence-electron chi connectivity index (χ0n) is 9.29. The first-order valence-corrected chi connectivity index (χ1v) is 6.22. The molecule has 1 rings (SSSR count). The minimum atomic E-state index is -0.821. The molecule has 2 unspecified atom stereocenters. The maximum Gasteiger partial charge on any atom is 0.130 e. The van der Waals surface area contributed by atoms with Crippen LogP contribution in [-0.2, 0) is 0 Å². The fourth-order valence-electron chi connectivity index (χ4n) is 1.77. The van der Waals surface area contributed by atoms with Crippen molar-refractivity contribution in [2.45, 2.75) is 25.9 Å². The summed E-state index contributed by atoms with van der Waals surface area (Å²) in [5, 5.41) is 10.0. The van der Waals surface area contributed by atoms with Crippen LogP contribution >= 0.6 is 15.9 Å². The van der Waals surface area contributed by atoms with Gasteiger partial charge in [-0.2, -0.15) is 0 Å². The van der Waals surface area contributed by atoms with E-state index in [1.807, 2.05) is 6.92 Å². The van der Waals surface area contributed by atoms with Crippen LogP contribution in [0, 0.1) is 11.7 Å². The van der Waals surface area contributed by atoms with Gasteiger partial charge in [0.05, 0.1) is 6.10 Å². The molecule has 0 aliphatic heterocycles. The van der Waals surface area contributed by atoms with E-state index in [2.05, 4.69) is 15.9 Å².